The summed E-state index contributed by atoms with van der Waals surface area (Å²) in [5.41, 5.74) is 0. The second-order valence-corrected chi connectivity index (χ2v) is 5.52. The Labute approximate surface area is 88.3 Å². The van der Waals surface area contributed by atoms with Gasteiger partial charge < -0.3 is 0 Å². The summed E-state index contributed by atoms with van der Waals surface area (Å²) < 4.78 is 0. The largest absolute Gasteiger partial charge is 0.300 e. The maximum atomic E-state index is 2.68. The molecule has 2 rings (SSSR count). The molecule has 0 amide bonds. The van der Waals surface area contributed by atoms with E-state index in [0.29, 0.717) is 0 Å². The first-order chi connectivity index (χ1) is 6.66. The lowest BCUT2D eigenvalue weighted by Gasteiger charge is -2.49. The molecule has 2 bridgehead atoms. The molecule has 2 atom stereocenters. The molecule has 0 aromatic heterocycles. The summed E-state index contributed by atoms with van der Waals surface area (Å²) in [6.07, 6.45) is 4.29. The van der Waals surface area contributed by atoms with E-state index in [0.717, 1.165) is 18.0 Å². The van der Waals surface area contributed by atoms with Crippen molar-refractivity contribution in [2.75, 3.05) is 26.7 Å². The Balaban J connectivity index is 1.93. The SMILES string of the molecule is CC(C)CN1CC2CCCC(C1)N2C. The summed E-state index contributed by atoms with van der Waals surface area (Å²) in [7, 11) is 2.32. The Morgan fingerprint density at radius 3 is 2.21 bits per heavy atom. The van der Waals surface area contributed by atoms with Crippen molar-refractivity contribution >= 4 is 0 Å². The van der Waals surface area contributed by atoms with Crippen molar-refractivity contribution in [1.82, 2.24) is 9.80 Å². The molecule has 0 aromatic rings. The first-order valence-corrected chi connectivity index (χ1v) is 6.11. The molecule has 0 spiro atoms. The maximum absolute atomic E-state index is 2.68. The van der Waals surface area contributed by atoms with Crippen LogP contribution in [0.1, 0.15) is 33.1 Å². The smallest absolute Gasteiger partial charge is 0.0223 e. The van der Waals surface area contributed by atoms with Gasteiger partial charge in [0.25, 0.3) is 0 Å². The van der Waals surface area contributed by atoms with Gasteiger partial charge in [-0.05, 0) is 25.8 Å². The number of likely N-dealkylation sites (tertiary alicyclic amines) is 1. The molecule has 2 aliphatic rings. The Hall–Kier alpha value is -0.0800. The molecule has 0 aliphatic carbocycles. The molecule has 0 saturated carbocycles. The highest BCUT2D eigenvalue weighted by Gasteiger charge is 2.34. The Bertz CT molecular complexity index is 177. The summed E-state index contributed by atoms with van der Waals surface area (Å²) in [6, 6.07) is 1.70. The van der Waals surface area contributed by atoms with E-state index in [1.807, 2.05) is 0 Å². The molecule has 2 unspecified atom stereocenters. The second-order valence-electron chi connectivity index (χ2n) is 5.52. The van der Waals surface area contributed by atoms with E-state index in [1.165, 1.54) is 38.9 Å². The molecule has 0 radical (unpaired) electrons. The Morgan fingerprint density at radius 1 is 1.14 bits per heavy atom. The van der Waals surface area contributed by atoms with Gasteiger partial charge in [0.1, 0.15) is 0 Å². The van der Waals surface area contributed by atoms with Gasteiger partial charge in [0.05, 0.1) is 0 Å². The van der Waals surface area contributed by atoms with Crippen molar-refractivity contribution in [1.29, 1.82) is 0 Å². The Kier molecular flexibility index (Phi) is 3.13. The summed E-state index contributed by atoms with van der Waals surface area (Å²) in [5, 5.41) is 0. The lowest BCUT2D eigenvalue weighted by atomic mass is 9.91. The topological polar surface area (TPSA) is 6.48 Å². The van der Waals surface area contributed by atoms with Crippen LogP contribution in [0.4, 0.5) is 0 Å². The third-order valence-corrected chi connectivity index (χ3v) is 3.79. The molecule has 2 saturated heterocycles. The molecule has 2 heteroatoms. The normalized spacial score (nSPS) is 35.1. The van der Waals surface area contributed by atoms with Crippen LogP contribution in [-0.4, -0.2) is 48.6 Å². The lowest BCUT2D eigenvalue weighted by Crippen LogP contribution is -2.59. The number of hydrogen-bond donors (Lipinski definition) is 0. The number of nitrogens with zero attached hydrogens (tertiary/aromatic N) is 2. The van der Waals surface area contributed by atoms with Crippen LogP contribution in [-0.2, 0) is 0 Å². The molecule has 82 valence electrons. The average molecular weight is 196 g/mol. The van der Waals surface area contributed by atoms with Gasteiger partial charge in [0.2, 0.25) is 0 Å². The van der Waals surface area contributed by atoms with Crippen LogP contribution in [0.2, 0.25) is 0 Å². The zero-order valence-electron chi connectivity index (χ0n) is 9.87. The highest BCUT2D eigenvalue weighted by atomic mass is 15.3. The van der Waals surface area contributed by atoms with Crippen molar-refractivity contribution < 1.29 is 0 Å². The Morgan fingerprint density at radius 2 is 1.71 bits per heavy atom. The molecular formula is C12H24N2. The van der Waals surface area contributed by atoms with Crippen molar-refractivity contribution in [3.8, 4) is 0 Å². The maximum Gasteiger partial charge on any atom is 0.0223 e. The van der Waals surface area contributed by atoms with Gasteiger partial charge in [-0.25, -0.2) is 0 Å². The van der Waals surface area contributed by atoms with Gasteiger partial charge in [0.15, 0.2) is 0 Å². The van der Waals surface area contributed by atoms with E-state index in [2.05, 4.69) is 30.7 Å². The van der Waals surface area contributed by atoms with Crippen LogP contribution in [0, 0.1) is 5.92 Å². The van der Waals surface area contributed by atoms with Gasteiger partial charge in [-0.15, -0.1) is 0 Å². The lowest BCUT2D eigenvalue weighted by molar-refractivity contribution is 0.00563. The standard InChI is InChI=1S/C12H24N2/c1-10(2)7-14-8-11-5-4-6-12(9-14)13(11)3/h10-12H,4-9H2,1-3H3. The van der Waals surface area contributed by atoms with Crippen LogP contribution in [0.3, 0.4) is 0 Å². The average Bonchev–Trinajstić information content (AvgIpc) is 2.05. The number of hydrogen-bond acceptors (Lipinski definition) is 2. The fourth-order valence-corrected chi connectivity index (χ4v) is 3.07. The summed E-state index contributed by atoms with van der Waals surface area (Å²) in [6.45, 7) is 8.57. The number of fused-ring (bicyclic) bond motifs is 2. The molecule has 2 heterocycles. The third kappa shape index (κ3) is 2.12. The van der Waals surface area contributed by atoms with Crippen LogP contribution < -0.4 is 0 Å². The van der Waals surface area contributed by atoms with Gasteiger partial charge in [-0.2, -0.15) is 0 Å². The quantitative estimate of drug-likeness (QED) is 0.664. The van der Waals surface area contributed by atoms with E-state index in [1.54, 1.807) is 0 Å². The van der Waals surface area contributed by atoms with E-state index < -0.39 is 0 Å². The number of piperidine rings is 1. The highest BCUT2D eigenvalue weighted by molar-refractivity contribution is 4.91. The van der Waals surface area contributed by atoms with Crippen LogP contribution in [0.15, 0.2) is 0 Å². The zero-order chi connectivity index (χ0) is 10.1. The van der Waals surface area contributed by atoms with Crippen molar-refractivity contribution in [2.45, 2.75) is 45.2 Å². The number of likely N-dealkylation sites (N-methyl/N-ethyl adjacent to an activating group) is 1. The molecule has 2 fully saturated rings. The highest BCUT2D eigenvalue weighted by Crippen LogP contribution is 2.27. The summed E-state index contributed by atoms with van der Waals surface area (Å²) in [5.74, 6) is 0.819. The molecule has 14 heavy (non-hydrogen) atoms. The minimum absolute atomic E-state index is 0.819. The van der Waals surface area contributed by atoms with Gasteiger partial charge >= 0.3 is 0 Å². The molecule has 0 N–H and O–H groups in total. The zero-order valence-corrected chi connectivity index (χ0v) is 9.87. The fourth-order valence-electron chi connectivity index (χ4n) is 3.07. The molecular weight excluding hydrogens is 172 g/mol. The molecule has 0 aromatic carbocycles. The first kappa shape index (κ1) is 10.4. The monoisotopic (exact) mass is 196 g/mol. The summed E-state index contributed by atoms with van der Waals surface area (Å²) in [4.78, 5) is 5.31. The molecule has 2 aliphatic heterocycles. The van der Waals surface area contributed by atoms with Crippen molar-refractivity contribution in [3.63, 3.8) is 0 Å². The van der Waals surface area contributed by atoms with Crippen molar-refractivity contribution in [3.05, 3.63) is 0 Å². The fraction of sp³-hybridized carbons (Fsp3) is 1.00. The predicted molar refractivity (Wildman–Crippen MR) is 60.5 cm³/mol. The molecule has 2 nitrogen and oxygen atoms in total. The first-order valence-electron chi connectivity index (χ1n) is 6.11. The van der Waals surface area contributed by atoms with Crippen molar-refractivity contribution in [2.24, 2.45) is 5.92 Å². The minimum Gasteiger partial charge on any atom is -0.300 e. The van der Waals surface area contributed by atoms with Crippen LogP contribution >= 0.6 is 0 Å². The number of rotatable bonds is 2. The van der Waals surface area contributed by atoms with E-state index in [4.69, 9.17) is 0 Å². The van der Waals surface area contributed by atoms with E-state index >= 15 is 0 Å². The second kappa shape index (κ2) is 4.19. The van der Waals surface area contributed by atoms with Crippen LogP contribution in [0.25, 0.3) is 0 Å². The predicted octanol–water partition coefficient (Wildman–Crippen LogP) is 1.81. The van der Waals surface area contributed by atoms with Gasteiger partial charge in [-0.1, -0.05) is 20.3 Å². The van der Waals surface area contributed by atoms with Gasteiger partial charge in [-0.3, -0.25) is 9.80 Å². The summed E-state index contributed by atoms with van der Waals surface area (Å²) >= 11 is 0. The van der Waals surface area contributed by atoms with E-state index in [-0.39, 0.29) is 0 Å². The van der Waals surface area contributed by atoms with Gasteiger partial charge in [0, 0.05) is 31.7 Å². The van der Waals surface area contributed by atoms with Crippen LogP contribution in [0.5, 0.6) is 0 Å². The minimum atomic E-state index is 0.819. The number of piperazine rings is 1. The van der Waals surface area contributed by atoms with E-state index in [9.17, 15) is 0 Å². The third-order valence-electron chi connectivity index (χ3n) is 3.79.